The summed E-state index contributed by atoms with van der Waals surface area (Å²) in [7, 11) is 0. The van der Waals surface area contributed by atoms with Crippen LogP contribution in [0.4, 0.5) is 0 Å². The van der Waals surface area contributed by atoms with Crippen molar-refractivity contribution in [2.45, 2.75) is 6.54 Å². The number of hydrogen-bond donors (Lipinski definition) is 0. The Morgan fingerprint density at radius 1 is 1.27 bits per heavy atom. The van der Waals surface area contributed by atoms with E-state index in [9.17, 15) is 4.79 Å². The van der Waals surface area contributed by atoms with Crippen LogP contribution in [0.2, 0.25) is 5.02 Å². The minimum Gasteiger partial charge on any atom is -0.293 e. The zero-order chi connectivity index (χ0) is 10.7. The first-order valence-corrected chi connectivity index (χ1v) is 4.89. The lowest BCUT2D eigenvalue weighted by Crippen LogP contribution is -2.22. The van der Waals surface area contributed by atoms with Crippen molar-refractivity contribution in [3.05, 3.63) is 63.8 Å². The Morgan fingerprint density at radius 3 is 2.73 bits per heavy atom. The van der Waals surface area contributed by atoms with Crippen LogP contribution in [0.1, 0.15) is 5.56 Å². The molecule has 2 rings (SSSR count). The molecule has 0 saturated heterocycles. The van der Waals surface area contributed by atoms with Gasteiger partial charge in [0.2, 0.25) is 0 Å². The zero-order valence-corrected chi connectivity index (χ0v) is 8.69. The molecular formula is C11H9ClN2O. The summed E-state index contributed by atoms with van der Waals surface area (Å²) in [6.45, 7) is 0.493. The van der Waals surface area contributed by atoms with Gasteiger partial charge in [0.05, 0.1) is 17.8 Å². The standard InChI is InChI=1S/C11H9ClN2O/c12-10-6-13-11(15)14(8-10)7-9-4-2-1-3-5-9/h1-6,8H,7H2. The number of benzene rings is 1. The molecule has 0 fully saturated rings. The third-order valence-electron chi connectivity index (χ3n) is 2.02. The molecule has 2 aromatic rings. The van der Waals surface area contributed by atoms with Crippen LogP contribution in [-0.4, -0.2) is 9.55 Å². The van der Waals surface area contributed by atoms with Crippen molar-refractivity contribution in [1.29, 1.82) is 0 Å². The number of nitrogens with zero attached hydrogens (tertiary/aromatic N) is 2. The maximum Gasteiger partial charge on any atom is 0.347 e. The average Bonchev–Trinajstić information content (AvgIpc) is 2.25. The molecule has 4 heteroatoms. The molecule has 0 atom stereocenters. The van der Waals surface area contributed by atoms with E-state index in [1.54, 1.807) is 6.20 Å². The third-order valence-corrected chi connectivity index (χ3v) is 2.21. The number of aromatic nitrogens is 2. The van der Waals surface area contributed by atoms with Crippen molar-refractivity contribution in [2.24, 2.45) is 0 Å². The van der Waals surface area contributed by atoms with Gasteiger partial charge in [0.1, 0.15) is 0 Å². The van der Waals surface area contributed by atoms with Crippen molar-refractivity contribution < 1.29 is 0 Å². The monoisotopic (exact) mass is 220 g/mol. The minimum absolute atomic E-state index is 0.289. The lowest BCUT2D eigenvalue weighted by molar-refractivity contribution is 0.727. The summed E-state index contributed by atoms with van der Waals surface area (Å²) in [5.41, 5.74) is 0.756. The Bertz CT molecular complexity index is 507. The van der Waals surface area contributed by atoms with E-state index in [1.807, 2.05) is 30.3 Å². The number of hydrogen-bond acceptors (Lipinski definition) is 2. The molecule has 0 aliphatic rings. The van der Waals surface area contributed by atoms with Crippen LogP contribution in [-0.2, 0) is 6.54 Å². The maximum atomic E-state index is 11.4. The summed E-state index contributed by atoms with van der Waals surface area (Å²) in [4.78, 5) is 15.0. The van der Waals surface area contributed by atoms with E-state index in [0.29, 0.717) is 11.6 Å². The van der Waals surface area contributed by atoms with Crippen molar-refractivity contribution >= 4 is 11.6 Å². The van der Waals surface area contributed by atoms with E-state index >= 15 is 0 Å². The number of rotatable bonds is 2. The van der Waals surface area contributed by atoms with E-state index < -0.39 is 0 Å². The summed E-state index contributed by atoms with van der Waals surface area (Å²) in [6, 6.07) is 9.69. The Kier molecular flexibility index (Phi) is 2.83. The Balaban J connectivity index is 2.32. The highest BCUT2D eigenvalue weighted by Crippen LogP contribution is 2.04. The van der Waals surface area contributed by atoms with Gasteiger partial charge in [-0.25, -0.2) is 9.78 Å². The van der Waals surface area contributed by atoms with E-state index in [0.717, 1.165) is 5.56 Å². The van der Waals surface area contributed by atoms with Crippen LogP contribution in [0.3, 0.4) is 0 Å². The molecule has 1 aromatic heterocycles. The fraction of sp³-hybridized carbons (Fsp3) is 0.0909. The summed E-state index contributed by atoms with van der Waals surface area (Å²) in [6.07, 6.45) is 2.94. The van der Waals surface area contributed by atoms with Gasteiger partial charge < -0.3 is 0 Å². The highest BCUT2D eigenvalue weighted by atomic mass is 35.5. The molecule has 0 aliphatic carbocycles. The van der Waals surface area contributed by atoms with Gasteiger partial charge in [-0.05, 0) is 5.56 Å². The molecule has 1 aromatic carbocycles. The van der Waals surface area contributed by atoms with E-state index in [-0.39, 0.29) is 5.69 Å². The average molecular weight is 221 g/mol. The first-order chi connectivity index (χ1) is 7.25. The van der Waals surface area contributed by atoms with Crippen LogP contribution in [0, 0.1) is 0 Å². The highest BCUT2D eigenvalue weighted by Gasteiger charge is 1.99. The molecule has 1 heterocycles. The molecule has 0 spiro atoms. The topological polar surface area (TPSA) is 34.9 Å². The van der Waals surface area contributed by atoms with Crippen molar-refractivity contribution in [2.75, 3.05) is 0 Å². The summed E-state index contributed by atoms with van der Waals surface area (Å²) >= 11 is 5.76. The van der Waals surface area contributed by atoms with Gasteiger partial charge in [-0.1, -0.05) is 41.9 Å². The molecule has 15 heavy (non-hydrogen) atoms. The van der Waals surface area contributed by atoms with Gasteiger partial charge in [0.15, 0.2) is 0 Å². The molecular weight excluding hydrogens is 212 g/mol. The van der Waals surface area contributed by atoms with E-state index in [1.165, 1.54) is 10.8 Å². The van der Waals surface area contributed by atoms with Crippen LogP contribution in [0.15, 0.2) is 47.5 Å². The van der Waals surface area contributed by atoms with Crippen molar-refractivity contribution in [1.82, 2.24) is 9.55 Å². The largest absolute Gasteiger partial charge is 0.347 e. The van der Waals surface area contributed by atoms with Crippen LogP contribution < -0.4 is 5.69 Å². The second-order valence-corrected chi connectivity index (χ2v) is 3.60. The molecule has 76 valence electrons. The maximum absolute atomic E-state index is 11.4. The fourth-order valence-electron chi connectivity index (χ4n) is 1.32. The lowest BCUT2D eigenvalue weighted by Gasteiger charge is -2.04. The summed E-state index contributed by atoms with van der Waals surface area (Å²) < 4.78 is 1.48. The molecule has 0 saturated carbocycles. The molecule has 0 unspecified atom stereocenters. The first-order valence-electron chi connectivity index (χ1n) is 4.51. The van der Waals surface area contributed by atoms with Crippen LogP contribution in [0.5, 0.6) is 0 Å². The first kappa shape index (κ1) is 9.93. The summed E-state index contributed by atoms with van der Waals surface area (Å²) in [5.74, 6) is 0. The smallest absolute Gasteiger partial charge is 0.293 e. The minimum atomic E-state index is -0.289. The molecule has 0 radical (unpaired) electrons. The van der Waals surface area contributed by atoms with Gasteiger partial charge in [-0.3, -0.25) is 4.57 Å². The molecule has 0 bridgehead atoms. The van der Waals surface area contributed by atoms with Crippen molar-refractivity contribution in [3.63, 3.8) is 0 Å². The predicted octanol–water partition coefficient (Wildman–Crippen LogP) is 1.95. The van der Waals surface area contributed by atoms with Crippen molar-refractivity contribution in [3.8, 4) is 0 Å². The molecule has 0 aliphatic heterocycles. The van der Waals surface area contributed by atoms with E-state index in [4.69, 9.17) is 11.6 Å². The number of halogens is 1. The predicted molar refractivity (Wildman–Crippen MR) is 59.1 cm³/mol. The van der Waals surface area contributed by atoms with Crippen LogP contribution in [0.25, 0.3) is 0 Å². The molecule has 0 amide bonds. The second-order valence-electron chi connectivity index (χ2n) is 3.17. The molecule has 3 nitrogen and oxygen atoms in total. The zero-order valence-electron chi connectivity index (χ0n) is 7.93. The highest BCUT2D eigenvalue weighted by molar-refractivity contribution is 6.30. The van der Waals surface area contributed by atoms with Gasteiger partial charge in [-0.15, -0.1) is 0 Å². The third kappa shape index (κ3) is 2.44. The summed E-state index contributed by atoms with van der Waals surface area (Å²) in [5, 5.41) is 0.463. The van der Waals surface area contributed by atoms with Crippen LogP contribution >= 0.6 is 11.6 Å². The van der Waals surface area contributed by atoms with Gasteiger partial charge in [0, 0.05) is 6.20 Å². The SMILES string of the molecule is O=c1ncc(Cl)cn1Cc1ccccc1. The Morgan fingerprint density at radius 2 is 2.00 bits per heavy atom. The van der Waals surface area contributed by atoms with Gasteiger partial charge in [0.25, 0.3) is 0 Å². The molecule has 0 N–H and O–H groups in total. The van der Waals surface area contributed by atoms with E-state index in [2.05, 4.69) is 4.98 Å². The van der Waals surface area contributed by atoms with Gasteiger partial charge >= 0.3 is 5.69 Å². The Labute approximate surface area is 92.0 Å². The fourth-order valence-corrected chi connectivity index (χ4v) is 1.49. The quantitative estimate of drug-likeness (QED) is 0.776. The normalized spacial score (nSPS) is 10.2. The lowest BCUT2D eigenvalue weighted by atomic mass is 10.2. The Hall–Kier alpha value is -1.61. The van der Waals surface area contributed by atoms with Gasteiger partial charge in [-0.2, -0.15) is 0 Å². The second kappa shape index (κ2) is 4.28.